The summed E-state index contributed by atoms with van der Waals surface area (Å²) in [5.74, 6) is -3.93. The lowest BCUT2D eigenvalue weighted by molar-refractivity contribution is -0.116. The van der Waals surface area contributed by atoms with E-state index in [9.17, 15) is 22.0 Å². The number of carbonyl (C=O) groups excluding carboxylic acids is 1. The van der Waals surface area contributed by atoms with E-state index >= 15 is 0 Å². The van der Waals surface area contributed by atoms with Gasteiger partial charge in [0.15, 0.2) is 0 Å². The van der Waals surface area contributed by atoms with Gasteiger partial charge in [-0.3, -0.25) is 4.79 Å². The van der Waals surface area contributed by atoms with E-state index in [1.807, 2.05) is 17.5 Å². The number of hydrogen-bond acceptors (Lipinski definition) is 4. The van der Waals surface area contributed by atoms with Crippen LogP contribution in [-0.2, 0) is 21.1 Å². The molecule has 1 heterocycles. The van der Waals surface area contributed by atoms with Gasteiger partial charge in [-0.25, -0.2) is 8.42 Å². The van der Waals surface area contributed by atoms with Crippen molar-refractivity contribution in [2.24, 2.45) is 0 Å². The number of thiophene rings is 1. The van der Waals surface area contributed by atoms with E-state index in [0.717, 1.165) is 17.4 Å². The largest absolute Gasteiger partial charge is 0.341 e. The molecule has 0 saturated carbocycles. The highest BCUT2D eigenvalue weighted by Gasteiger charge is 2.29. The first-order chi connectivity index (χ1) is 10.9. The quantitative estimate of drug-likeness (QED) is 0.820. The third kappa shape index (κ3) is 4.59. The van der Waals surface area contributed by atoms with Crippen LogP contribution in [0.2, 0.25) is 0 Å². The predicted octanol–water partition coefficient (Wildman–Crippen LogP) is 3.71. The minimum Gasteiger partial charge on any atom is -0.325 e. The van der Waals surface area contributed by atoms with E-state index in [4.69, 9.17) is 0 Å². The van der Waals surface area contributed by atoms with Crippen LogP contribution in [0.4, 0.5) is 14.5 Å². The van der Waals surface area contributed by atoms with Crippen LogP contribution in [0.3, 0.4) is 0 Å². The van der Waals surface area contributed by atoms with E-state index in [-0.39, 0.29) is 12.1 Å². The summed E-state index contributed by atoms with van der Waals surface area (Å²) in [7, 11) is -4.76. The number of rotatable bonds is 7. The fourth-order valence-corrected chi connectivity index (χ4v) is 3.64. The van der Waals surface area contributed by atoms with Crippen molar-refractivity contribution in [2.45, 2.75) is 29.9 Å². The molecule has 0 unspecified atom stereocenters. The van der Waals surface area contributed by atoms with E-state index in [0.29, 0.717) is 6.42 Å². The fourth-order valence-electron chi connectivity index (χ4n) is 2.00. The Hall–Kier alpha value is -1.80. The monoisotopic (exact) mass is 359 g/mol. The minimum absolute atomic E-state index is 0.117. The molecule has 124 valence electrons. The number of para-hydroxylation sites is 1. The van der Waals surface area contributed by atoms with E-state index in [2.05, 4.69) is 5.32 Å². The normalized spacial score (nSPS) is 11.6. The summed E-state index contributed by atoms with van der Waals surface area (Å²) in [5, 5.41) is 4.35. The third-order valence-corrected chi connectivity index (χ3v) is 5.48. The molecule has 0 bridgehead atoms. The second-order valence-corrected chi connectivity index (χ2v) is 7.70. The van der Waals surface area contributed by atoms with Crippen molar-refractivity contribution in [3.8, 4) is 0 Å². The smallest absolute Gasteiger partial charge is 0.325 e. The molecule has 1 N–H and O–H groups in total. The average molecular weight is 359 g/mol. The molecule has 2 aromatic rings. The van der Waals surface area contributed by atoms with Gasteiger partial charge in [-0.15, -0.1) is 11.3 Å². The summed E-state index contributed by atoms with van der Waals surface area (Å²) >= 11 is 1.59. The van der Waals surface area contributed by atoms with Crippen LogP contribution < -0.4 is 5.32 Å². The molecule has 4 nitrogen and oxygen atoms in total. The Kier molecular flexibility index (Phi) is 5.84. The lowest BCUT2D eigenvalue weighted by Gasteiger charge is -2.11. The first-order valence-electron chi connectivity index (χ1n) is 6.84. The predicted molar refractivity (Wildman–Crippen MR) is 85.5 cm³/mol. The second-order valence-electron chi connectivity index (χ2n) is 4.78. The number of nitrogens with one attached hydrogen (secondary N) is 1. The SMILES string of the molecule is O=C(CCCc1cccs1)Nc1ccccc1S(=O)(=O)C(F)F. The van der Waals surface area contributed by atoms with Gasteiger partial charge in [-0.2, -0.15) is 8.78 Å². The highest BCUT2D eigenvalue weighted by molar-refractivity contribution is 7.91. The van der Waals surface area contributed by atoms with Gasteiger partial charge < -0.3 is 5.32 Å². The maximum absolute atomic E-state index is 12.7. The maximum Gasteiger partial charge on any atom is 0.341 e. The van der Waals surface area contributed by atoms with Gasteiger partial charge >= 0.3 is 5.76 Å². The van der Waals surface area contributed by atoms with Crippen molar-refractivity contribution in [3.05, 3.63) is 46.7 Å². The molecule has 2 rings (SSSR count). The molecule has 8 heteroatoms. The molecule has 0 aliphatic carbocycles. The summed E-state index contributed by atoms with van der Waals surface area (Å²) in [6, 6.07) is 9.06. The van der Waals surface area contributed by atoms with Gasteiger partial charge in [0.05, 0.1) is 10.6 Å². The van der Waals surface area contributed by atoms with Gasteiger partial charge in [0.25, 0.3) is 0 Å². The Morgan fingerprint density at radius 3 is 2.57 bits per heavy atom. The minimum atomic E-state index is -4.76. The summed E-state index contributed by atoms with van der Waals surface area (Å²) in [4.78, 5) is 12.5. The Morgan fingerprint density at radius 2 is 1.91 bits per heavy atom. The van der Waals surface area contributed by atoms with Gasteiger partial charge in [0.1, 0.15) is 0 Å². The lowest BCUT2D eigenvalue weighted by Crippen LogP contribution is -2.17. The fraction of sp³-hybridized carbons (Fsp3) is 0.267. The number of hydrogen-bond donors (Lipinski definition) is 1. The van der Waals surface area contributed by atoms with Crippen molar-refractivity contribution in [2.75, 3.05) is 5.32 Å². The van der Waals surface area contributed by atoms with Crippen molar-refractivity contribution in [1.29, 1.82) is 0 Å². The van der Waals surface area contributed by atoms with E-state index in [1.54, 1.807) is 11.3 Å². The second kappa shape index (κ2) is 7.65. The van der Waals surface area contributed by atoms with Crippen LogP contribution in [0.15, 0.2) is 46.7 Å². The molecule has 0 aliphatic rings. The van der Waals surface area contributed by atoms with Crippen LogP contribution in [0.1, 0.15) is 17.7 Å². The highest BCUT2D eigenvalue weighted by Crippen LogP contribution is 2.26. The molecule has 0 aliphatic heterocycles. The molecule has 1 aromatic carbocycles. The number of benzene rings is 1. The number of alkyl halides is 2. The molecular weight excluding hydrogens is 344 g/mol. The van der Waals surface area contributed by atoms with Gasteiger partial charge in [0, 0.05) is 11.3 Å². The van der Waals surface area contributed by atoms with Crippen molar-refractivity contribution < 1.29 is 22.0 Å². The zero-order valence-corrected chi connectivity index (χ0v) is 13.7. The molecule has 0 radical (unpaired) electrons. The van der Waals surface area contributed by atoms with Crippen molar-refractivity contribution in [3.63, 3.8) is 0 Å². The van der Waals surface area contributed by atoms with Gasteiger partial charge in [0.2, 0.25) is 15.7 Å². The number of anilines is 1. The van der Waals surface area contributed by atoms with E-state index < -0.39 is 26.4 Å². The zero-order valence-electron chi connectivity index (χ0n) is 12.0. The number of amides is 1. The van der Waals surface area contributed by atoms with E-state index in [1.165, 1.54) is 18.2 Å². The number of halogens is 2. The Labute approximate surface area is 137 Å². The average Bonchev–Trinajstić information content (AvgIpc) is 3.00. The Bertz CT molecular complexity index is 759. The first-order valence-corrected chi connectivity index (χ1v) is 9.27. The Morgan fingerprint density at radius 1 is 1.17 bits per heavy atom. The summed E-state index contributed by atoms with van der Waals surface area (Å²) in [5.41, 5.74) is -0.117. The highest BCUT2D eigenvalue weighted by atomic mass is 32.2. The Balaban J connectivity index is 2.01. The molecule has 1 amide bonds. The molecule has 23 heavy (non-hydrogen) atoms. The zero-order chi connectivity index (χ0) is 16.9. The van der Waals surface area contributed by atoms with Crippen molar-refractivity contribution in [1.82, 2.24) is 0 Å². The van der Waals surface area contributed by atoms with Crippen LogP contribution in [0.25, 0.3) is 0 Å². The molecule has 0 atom stereocenters. The number of sulfone groups is 1. The topological polar surface area (TPSA) is 63.2 Å². The van der Waals surface area contributed by atoms with Crippen LogP contribution in [0.5, 0.6) is 0 Å². The summed E-state index contributed by atoms with van der Waals surface area (Å²) in [6.45, 7) is 0. The standard InChI is InChI=1S/C15H15F2NO3S2/c16-15(17)23(20,21)13-8-2-1-7-12(13)18-14(19)9-3-5-11-6-4-10-22-11/h1-2,4,6-8,10,15H,3,5,9H2,(H,18,19). The van der Waals surface area contributed by atoms with Gasteiger partial charge in [-0.05, 0) is 36.4 Å². The molecule has 0 fully saturated rings. The number of aryl methyl sites for hydroxylation is 1. The van der Waals surface area contributed by atoms with Crippen molar-refractivity contribution >= 4 is 32.8 Å². The first kappa shape index (κ1) is 17.6. The van der Waals surface area contributed by atoms with Crippen LogP contribution in [-0.4, -0.2) is 20.1 Å². The van der Waals surface area contributed by atoms with Gasteiger partial charge in [-0.1, -0.05) is 18.2 Å². The summed E-state index contributed by atoms with van der Waals surface area (Å²) in [6.07, 6.45) is 1.51. The summed E-state index contributed by atoms with van der Waals surface area (Å²) < 4.78 is 48.6. The van der Waals surface area contributed by atoms with Crippen LogP contribution >= 0.6 is 11.3 Å². The molecule has 0 saturated heterocycles. The maximum atomic E-state index is 12.7. The molecule has 0 spiro atoms. The van der Waals surface area contributed by atoms with Crippen LogP contribution in [0, 0.1) is 0 Å². The number of carbonyl (C=O) groups is 1. The molecule has 1 aromatic heterocycles. The molecular formula is C15H15F2NO3S2. The third-order valence-electron chi connectivity index (χ3n) is 3.11. The lowest BCUT2D eigenvalue weighted by atomic mass is 10.2.